The van der Waals surface area contributed by atoms with E-state index in [-0.39, 0.29) is 5.78 Å². The van der Waals surface area contributed by atoms with E-state index in [0.29, 0.717) is 10.5 Å². The summed E-state index contributed by atoms with van der Waals surface area (Å²) in [5.74, 6) is 0.124. The quantitative estimate of drug-likeness (QED) is 0.774. The molecular weight excluding hydrogens is 252 g/mol. The maximum Gasteiger partial charge on any atom is 0.186 e. The van der Waals surface area contributed by atoms with Crippen LogP contribution in [0, 0.1) is 6.92 Å². The van der Waals surface area contributed by atoms with Crippen molar-refractivity contribution in [3.8, 4) is 0 Å². The zero-order valence-electron chi connectivity index (χ0n) is 10.7. The Bertz CT molecular complexity index is 420. The molecule has 1 aliphatic heterocycles. The average Bonchev–Trinajstić information content (AvgIpc) is 2.59. The van der Waals surface area contributed by atoms with Gasteiger partial charge in [-0.15, -0.1) is 0 Å². The third-order valence-corrected chi connectivity index (χ3v) is 5.34. The Morgan fingerprint density at radius 3 is 2.41 bits per heavy atom. The van der Waals surface area contributed by atoms with Gasteiger partial charge in [-0.2, -0.15) is 11.8 Å². The first kappa shape index (κ1) is 12.9. The summed E-state index contributed by atoms with van der Waals surface area (Å²) in [5.41, 5.74) is 0.871. The molecule has 2 unspecified atom stereocenters. The lowest BCUT2D eigenvalue weighted by Crippen LogP contribution is -2.40. The van der Waals surface area contributed by atoms with Crippen molar-refractivity contribution in [1.29, 1.82) is 0 Å². The van der Waals surface area contributed by atoms with Crippen molar-refractivity contribution in [2.45, 2.75) is 38.2 Å². The summed E-state index contributed by atoms with van der Waals surface area (Å²) in [6.07, 6.45) is 0. The number of aromatic nitrogens is 1. The molecule has 0 saturated carbocycles. The lowest BCUT2D eigenvalue weighted by atomic mass is 10.3. The highest BCUT2D eigenvalue weighted by molar-refractivity contribution is 8.00. The van der Waals surface area contributed by atoms with Gasteiger partial charge >= 0.3 is 0 Å². The summed E-state index contributed by atoms with van der Waals surface area (Å²) in [6.45, 7) is 10.1. The van der Waals surface area contributed by atoms with E-state index in [1.807, 2.05) is 18.7 Å². The van der Waals surface area contributed by atoms with Crippen molar-refractivity contribution in [3.63, 3.8) is 0 Å². The molecule has 0 N–H and O–H groups in total. The maximum absolute atomic E-state index is 11.4. The molecule has 1 fully saturated rings. The first-order chi connectivity index (χ1) is 7.97. The van der Waals surface area contributed by atoms with Gasteiger partial charge in [-0.25, -0.2) is 4.98 Å². The number of aryl methyl sites for hydroxylation is 1. The minimum Gasteiger partial charge on any atom is -0.346 e. The second kappa shape index (κ2) is 4.98. The van der Waals surface area contributed by atoms with Crippen molar-refractivity contribution in [2.24, 2.45) is 0 Å². The molecule has 2 atom stereocenters. The van der Waals surface area contributed by atoms with Crippen LogP contribution in [0.4, 0.5) is 5.13 Å². The fraction of sp³-hybridized carbons (Fsp3) is 0.667. The van der Waals surface area contributed by atoms with Crippen LogP contribution in [-0.4, -0.2) is 34.4 Å². The number of carbonyl (C=O) groups excluding carboxylic acids is 1. The van der Waals surface area contributed by atoms with E-state index in [9.17, 15) is 4.79 Å². The van der Waals surface area contributed by atoms with Gasteiger partial charge in [0.2, 0.25) is 0 Å². The van der Waals surface area contributed by atoms with Gasteiger partial charge in [-0.3, -0.25) is 4.79 Å². The molecule has 94 valence electrons. The van der Waals surface area contributed by atoms with E-state index in [2.05, 4.69) is 23.7 Å². The van der Waals surface area contributed by atoms with Crippen LogP contribution >= 0.6 is 23.1 Å². The smallest absolute Gasteiger partial charge is 0.186 e. The van der Waals surface area contributed by atoms with Gasteiger partial charge in [0.15, 0.2) is 10.9 Å². The summed E-state index contributed by atoms with van der Waals surface area (Å²) in [4.78, 5) is 19.1. The molecule has 2 rings (SSSR count). The number of ketones is 1. The lowest BCUT2D eigenvalue weighted by molar-refractivity contribution is 0.102. The van der Waals surface area contributed by atoms with Gasteiger partial charge in [-0.1, -0.05) is 25.2 Å². The summed E-state index contributed by atoms with van der Waals surface area (Å²) >= 11 is 3.56. The van der Waals surface area contributed by atoms with Gasteiger partial charge in [0.05, 0.1) is 10.6 Å². The second-order valence-electron chi connectivity index (χ2n) is 4.63. The van der Waals surface area contributed by atoms with Gasteiger partial charge in [0.25, 0.3) is 0 Å². The number of thiazole rings is 1. The number of hydrogen-bond donors (Lipinski definition) is 0. The predicted octanol–water partition coefficient (Wildman–Crippen LogP) is 2.98. The van der Waals surface area contributed by atoms with Crippen molar-refractivity contribution in [2.75, 3.05) is 18.0 Å². The molecule has 0 radical (unpaired) electrons. The minimum absolute atomic E-state index is 0.124. The van der Waals surface area contributed by atoms with Crippen molar-refractivity contribution >= 4 is 34.0 Å². The molecule has 5 heteroatoms. The molecular formula is C12H18N2OS2. The van der Waals surface area contributed by atoms with Gasteiger partial charge in [-0.05, 0) is 6.92 Å². The first-order valence-electron chi connectivity index (χ1n) is 5.86. The Labute approximate surface area is 111 Å². The highest BCUT2D eigenvalue weighted by Crippen LogP contribution is 2.32. The molecule has 1 saturated heterocycles. The lowest BCUT2D eigenvalue weighted by Gasteiger charge is -2.34. The zero-order valence-corrected chi connectivity index (χ0v) is 12.3. The normalized spacial score (nSPS) is 25.1. The minimum atomic E-state index is 0.124. The van der Waals surface area contributed by atoms with E-state index in [4.69, 9.17) is 0 Å². The Morgan fingerprint density at radius 2 is 1.94 bits per heavy atom. The zero-order chi connectivity index (χ0) is 12.6. The first-order valence-corrected chi connectivity index (χ1v) is 7.62. The van der Waals surface area contributed by atoms with Crippen LogP contribution < -0.4 is 4.90 Å². The summed E-state index contributed by atoms with van der Waals surface area (Å²) in [6, 6.07) is 0. The number of rotatable bonds is 2. The Morgan fingerprint density at radius 1 is 1.35 bits per heavy atom. The number of hydrogen-bond acceptors (Lipinski definition) is 5. The third kappa shape index (κ3) is 2.83. The number of thioether (sulfide) groups is 1. The highest BCUT2D eigenvalue weighted by atomic mass is 32.2. The number of anilines is 1. The highest BCUT2D eigenvalue weighted by Gasteiger charge is 2.25. The summed E-state index contributed by atoms with van der Waals surface area (Å²) in [7, 11) is 0. The molecule has 2 heterocycles. The summed E-state index contributed by atoms with van der Waals surface area (Å²) < 4.78 is 0. The van der Waals surface area contributed by atoms with Crippen LogP contribution in [-0.2, 0) is 0 Å². The molecule has 0 aromatic carbocycles. The van der Waals surface area contributed by atoms with E-state index >= 15 is 0 Å². The maximum atomic E-state index is 11.4. The average molecular weight is 270 g/mol. The largest absolute Gasteiger partial charge is 0.346 e. The van der Waals surface area contributed by atoms with Crippen molar-refractivity contribution in [1.82, 2.24) is 4.98 Å². The van der Waals surface area contributed by atoms with Crippen molar-refractivity contribution < 1.29 is 4.79 Å². The second-order valence-corrected chi connectivity index (χ2v) is 7.49. The van der Waals surface area contributed by atoms with Gasteiger partial charge in [0, 0.05) is 30.5 Å². The van der Waals surface area contributed by atoms with Gasteiger partial charge < -0.3 is 4.90 Å². The molecule has 0 bridgehead atoms. The Kier molecular flexibility index (Phi) is 3.78. The van der Waals surface area contributed by atoms with Crippen LogP contribution in [0.1, 0.15) is 36.1 Å². The SMILES string of the molecule is CC(=O)c1sc(N2CC(C)SC(C)C2)nc1C. The van der Waals surface area contributed by atoms with Crippen molar-refractivity contribution in [3.05, 3.63) is 10.6 Å². The molecule has 3 nitrogen and oxygen atoms in total. The topological polar surface area (TPSA) is 33.2 Å². The van der Waals surface area contributed by atoms with E-state index in [0.717, 1.165) is 28.8 Å². The molecule has 1 aliphatic rings. The molecule has 0 spiro atoms. The van der Waals surface area contributed by atoms with Gasteiger partial charge in [0.1, 0.15) is 0 Å². The van der Waals surface area contributed by atoms with E-state index in [1.165, 1.54) is 11.3 Å². The van der Waals surface area contributed by atoms with Crippen LogP contribution in [0.2, 0.25) is 0 Å². The number of carbonyl (C=O) groups is 1. The Balaban J connectivity index is 2.22. The molecule has 17 heavy (non-hydrogen) atoms. The van der Waals surface area contributed by atoms with Crippen LogP contribution in [0.3, 0.4) is 0 Å². The standard InChI is InChI=1S/C12H18N2OS2/c1-7-5-14(6-8(2)16-7)12-13-9(3)11(17-12)10(4)15/h7-8H,5-6H2,1-4H3. The monoisotopic (exact) mass is 270 g/mol. The molecule has 0 aliphatic carbocycles. The fourth-order valence-corrected chi connectivity index (χ4v) is 4.48. The Hall–Kier alpha value is -0.550. The molecule has 1 aromatic rings. The molecule has 0 amide bonds. The number of Topliss-reactive ketones (excluding diaryl/α,β-unsaturated/α-hetero) is 1. The number of nitrogens with zero attached hydrogens (tertiary/aromatic N) is 2. The van der Waals surface area contributed by atoms with Crippen LogP contribution in [0.25, 0.3) is 0 Å². The molecule has 1 aromatic heterocycles. The fourth-order valence-electron chi connectivity index (χ4n) is 2.18. The third-order valence-electron chi connectivity index (χ3n) is 2.80. The predicted molar refractivity (Wildman–Crippen MR) is 75.6 cm³/mol. The summed E-state index contributed by atoms with van der Waals surface area (Å²) in [5, 5.41) is 2.26. The van der Waals surface area contributed by atoms with Crippen LogP contribution in [0.5, 0.6) is 0 Å². The van der Waals surface area contributed by atoms with E-state index < -0.39 is 0 Å². The van der Waals surface area contributed by atoms with E-state index in [1.54, 1.807) is 6.92 Å². The van der Waals surface area contributed by atoms with Crippen LogP contribution in [0.15, 0.2) is 0 Å².